The standard InChI is InChI=1S/C17H15F2NO.C16H15FN2O/c1-11(21)12-6-7-16-14(10-12)13-4-2-3-5-15(13)20(16)9-8-17(18)19;1-11(20)12-9-14-13-5-2-3-6-15(13)19(8-4-7-17)16(14)18-10-12/h2-7,10,17H,8-9H2,1H3;2-3,5-6,9-10H,4,7-8H2,1H3. The number of Topliss-reactive ketones (excluding diaryl/α,β-unsaturated/α-hetero) is 2. The van der Waals surface area contributed by atoms with Crippen LogP contribution in [-0.2, 0) is 13.1 Å². The highest BCUT2D eigenvalue weighted by atomic mass is 19.3. The molecule has 6 rings (SSSR count). The molecule has 0 saturated heterocycles. The molecule has 41 heavy (non-hydrogen) atoms. The third kappa shape index (κ3) is 5.59. The minimum absolute atomic E-state index is 0.00000989. The Morgan fingerprint density at radius 3 is 1.95 bits per heavy atom. The summed E-state index contributed by atoms with van der Waals surface area (Å²) in [6.45, 7) is 3.57. The molecule has 0 saturated carbocycles. The Bertz CT molecular complexity index is 1890. The van der Waals surface area contributed by atoms with Crippen molar-refractivity contribution in [3.63, 3.8) is 0 Å². The highest BCUT2D eigenvalue weighted by molar-refractivity contribution is 6.11. The summed E-state index contributed by atoms with van der Waals surface area (Å²) in [5.74, 6) is 0.00120. The van der Waals surface area contributed by atoms with Gasteiger partial charge in [0.1, 0.15) is 5.65 Å². The summed E-state index contributed by atoms with van der Waals surface area (Å²) in [5.41, 5.74) is 4.90. The summed E-state index contributed by atoms with van der Waals surface area (Å²) in [6, 6.07) is 22.9. The van der Waals surface area contributed by atoms with Gasteiger partial charge in [-0.3, -0.25) is 14.0 Å². The zero-order valence-electron chi connectivity index (χ0n) is 22.9. The minimum atomic E-state index is -2.32. The molecule has 3 aromatic carbocycles. The predicted octanol–water partition coefficient (Wildman–Crippen LogP) is 8.40. The van der Waals surface area contributed by atoms with Gasteiger partial charge in [-0.05, 0) is 56.7 Å². The normalized spacial score (nSPS) is 11.5. The zero-order chi connectivity index (χ0) is 29.1. The molecule has 0 unspecified atom stereocenters. The van der Waals surface area contributed by atoms with Crippen LogP contribution in [0.2, 0.25) is 0 Å². The number of alkyl halides is 3. The van der Waals surface area contributed by atoms with Crippen LogP contribution in [0.25, 0.3) is 43.7 Å². The van der Waals surface area contributed by atoms with E-state index >= 15 is 0 Å². The fourth-order valence-corrected chi connectivity index (χ4v) is 5.30. The number of halogens is 3. The molecular weight excluding hydrogens is 527 g/mol. The topological polar surface area (TPSA) is 56.9 Å². The van der Waals surface area contributed by atoms with Crippen LogP contribution < -0.4 is 0 Å². The Kier molecular flexibility index (Phi) is 8.19. The molecule has 0 aliphatic rings. The van der Waals surface area contributed by atoms with E-state index in [0.29, 0.717) is 24.1 Å². The smallest absolute Gasteiger partial charge is 0.240 e. The van der Waals surface area contributed by atoms with Crippen LogP contribution in [0.5, 0.6) is 0 Å². The molecule has 0 spiro atoms. The molecule has 210 valence electrons. The number of aromatic nitrogens is 3. The van der Waals surface area contributed by atoms with Crippen LogP contribution in [0.3, 0.4) is 0 Å². The zero-order valence-corrected chi connectivity index (χ0v) is 22.9. The summed E-state index contributed by atoms with van der Waals surface area (Å²) in [7, 11) is 0. The highest BCUT2D eigenvalue weighted by Gasteiger charge is 2.14. The number of hydrogen-bond donors (Lipinski definition) is 0. The molecule has 0 N–H and O–H groups in total. The first kappa shape index (κ1) is 28.1. The third-order valence-corrected chi connectivity index (χ3v) is 7.28. The van der Waals surface area contributed by atoms with Gasteiger partial charge in [0.05, 0.1) is 12.2 Å². The summed E-state index contributed by atoms with van der Waals surface area (Å²) < 4.78 is 41.5. The van der Waals surface area contributed by atoms with Crippen LogP contribution in [0.15, 0.2) is 79.0 Å². The Labute approximate surface area is 235 Å². The number of ketones is 2. The first-order valence-electron chi connectivity index (χ1n) is 13.5. The van der Waals surface area contributed by atoms with Crippen molar-refractivity contribution in [3.8, 4) is 0 Å². The van der Waals surface area contributed by atoms with E-state index < -0.39 is 6.43 Å². The Hall–Kier alpha value is -4.46. The van der Waals surface area contributed by atoms with Gasteiger partial charge in [-0.15, -0.1) is 0 Å². The average Bonchev–Trinajstić information content (AvgIpc) is 3.46. The highest BCUT2D eigenvalue weighted by Crippen LogP contribution is 2.31. The fourth-order valence-electron chi connectivity index (χ4n) is 5.30. The maximum atomic E-state index is 12.5. The molecule has 0 amide bonds. The Morgan fingerprint density at radius 1 is 0.732 bits per heavy atom. The SMILES string of the molecule is CC(=O)c1ccc2c(c1)c1ccccc1n2CCC(F)F.CC(=O)c1cnc2c(c1)c1ccccc1n2CCCF. The third-order valence-electron chi connectivity index (χ3n) is 7.28. The van der Waals surface area contributed by atoms with Crippen molar-refractivity contribution in [3.05, 3.63) is 90.1 Å². The lowest BCUT2D eigenvalue weighted by Gasteiger charge is -2.07. The van der Waals surface area contributed by atoms with E-state index in [-0.39, 0.29) is 31.2 Å². The van der Waals surface area contributed by atoms with Crippen molar-refractivity contribution in [2.24, 2.45) is 0 Å². The molecule has 0 aliphatic carbocycles. The maximum Gasteiger partial charge on any atom is 0.240 e. The van der Waals surface area contributed by atoms with Crippen LogP contribution in [0.4, 0.5) is 13.2 Å². The van der Waals surface area contributed by atoms with Crippen LogP contribution >= 0.6 is 0 Å². The van der Waals surface area contributed by atoms with Gasteiger partial charge in [0.25, 0.3) is 0 Å². The lowest BCUT2D eigenvalue weighted by atomic mass is 10.1. The lowest BCUT2D eigenvalue weighted by molar-refractivity contribution is 0.100. The summed E-state index contributed by atoms with van der Waals surface area (Å²) in [5, 5.41) is 3.93. The second-order valence-corrected chi connectivity index (χ2v) is 10.00. The van der Waals surface area contributed by atoms with E-state index in [4.69, 9.17) is 0 Å². The number of hydrogen-bond acceptors (Lipinski definition) is 3. The summed E-state index contributed by atoms with van der Waals surface area (Å²) >= 11 is 0. The van der Waals surface area contributed by atoms with Gasteiger partial charge in [-0.1, -0.05) is 36.4 Å². The van der Waals surface area contributed by atoms with Crippen molar-refractivity contribution in [2.45, 2.75) is 46.2 Å². The van der Waals surface area contributed by atoms with Gasteiger partial charge in [-0.25, -0.2) is 13.8 Å². The van der Waals surface area contributed by atoms with Crippen molar-refractivity contribution in [1.29, 1.82) is 0 Å². The number of rotatable bonds is 8. The van der Waals surface area contributed by atoms with E-state index in [1.165, 1.54) is 13.8 Å². The molecule has 8 heteroatoms. The first-order valence-corrected chi connectivity index (χ1v) is 13.5. The van der Waals surface area contributed by atoms with E-state index in [2.05, 4.69) is 4.98 Å². The molecule has 5 nitrogen and oxygen atoms in total. The second kappa shape index (κ2) is 12.0. The summed E-state index contributed by atoms with van der Waals surface area (Å²) in [6.07, 6.45) is -0.445. The molecule has 0 radical (unpaired) electrons. The minimum Gasteiger partial charge on any atom is -0.340 e. The number of carbonyl (C=O) groups excluding carboxylic acids is 2. The largest absolute Gasteiger partial charge is 0.340 e. The van der Waals surface area contributed by atoms with E-state index in [1.807, 2.05) is 75.9 Å². The molecule has 0 bridgehead atoms. The fraction of sp³-hybridized carbons (Fsp3) is 0.242. The molecule has 6 aromatic rings. The number of nitrogens with zero attached hydrogens (tertiary/aromatic N) is 3. The van der Waals surface area contributed by atoms with Crippen LogP contribution in [-0.4, -0.2) is 38.8 Å². The molecule has 0 fully saturated rings. The van der Waals surface area contributed by atoms with Gasteiger partial charge < -0.3 is 9.13 Å². The number of benzene rings is 3. The van der Waals surface area contributed by atoms with Crippen LogP contribution in [0.1, 0.15) is 47.4 Å². The van der Waals surface area contributed by atoms with Crippen molar-refractivity contribution in [1.82, 2.24) is 14.1 Å². The van der Waals surface area contributed by atoms with Crippen LogP contribution in [0, 0.1) is 0 Å². The van der Waals surface area contributed by atoms with Gasteiger partial charge >= 0.3 is 0 Å². The first-order chi connectivity index (χ1) is 19.8. The quantitative estimate of drug-likeness (QED) is 0.177. The van der Waals surface area contributed by atoms with Gasteiger partial charge in [0, 0.05) is 69.4 Å². The number of para-hydroxylation sites is 2. The van der Waals surface area contributed by atoms with Gasteiger partial charge in [0.2, 0.25) is 6.43 Å². The van der Waals surface area contributed by atoms with Crippen molar-refractivity contribution >= 4 is 55.3 Å². The van der Waals surface area contributed by atoms with Gasteiger partial charge in [0.15, 0.2) is 11.6 Å². The van der Waals surface area contributed by atoms with Gasteiger partial charge in [-0.2, -0.15) is 0 Å². The molecular formula is C33H30F3N3O2. The number of pyridine rings is 1. The molecule has 3 aromatic heterocycles. The van der Waals surface area contributed by atoms with Crippen molar-refractivity contribution in [2.75, 3.05) is 6.67 Å². The monoisotopic (exact) mass is 557 g/mol. The maximum absolute atomic E-state index is 12.5. The number of carbonyl (C=O) groups is 2. The number of fused-ring (bicyclic) bond motifs is 6. The lowest BCUT2D eigenvalue weighted by Crippen LogP contribution is -2.02. The van der Waals surface area contributed by atoms with Crippen molar-refractivity contribution < 1.29 is 22.8 Å². The molecule has 3 heterocycles. The summed E-state index contributed by atoms with van der Waals surface area (Å²) in [4.78, 5) is 27.5. The van der Waals surface area contributed by atoms with E-state index in [9.17, 15) is 22.8 Å². The average molecular weight is 558 g/mol. The molecule has 0 atom stereocenters. The second-order valence-electron chi connectivity index (χ2n) is 10.00. The number of aryl methyl sites for hydroxylation is 2. The predicted molar refractivity (Wildman–Crippen MR) is 158 cm³/mol. The Balaban J connectivity index is 0.000000165. The van der Waals surface area contributed by atoms with E-state index in [0.717, 1.165) is 43.7 Å². The molecule has 0 aliphatic heterocycles. The Morgan fingerprint density at radius 2 is 1.32 bits per heavy atom. The van der Waals surface area contributed by atoms with E-state index in [1.54, 1.807) is 12.3 Å².